The molecule has 2 rings (SSSR count). The highest BCUT2D eigenvalue weighted by atomic mass is 79.9. The van der Waals surface area contributed by atoms with Gasteiger partial charge in [-0.1, -0.05) is 36.4 Å². The molecule has 1 unspecified atom stereocenters. The predicted octanol–water partition coefficient (Wildman–Crippen LogP) is 4.23. The lowest BCUT2D eigenvalue weighted by molar-refractivity contribution is 0.495. The topological polar surface area (TPSA) is 12.0 Å². The highest BCUT2D eigenvalue weighted by Gasteiger charge is 2.18. The Morgan fingerprint density at radius 2 is 1.79 bits per heavy atom. The van der Waals surface area contributed by atoms with Gasteiger partial charge >= 0.3 is 0 Å². The number of hydrogen-bond acceptors (Lipinski definition) is 1. The lowest BCUT2D eigenvalue weighted by Gasteiger charge is -2.18. The average Bonchev–Trinajstić information content (AvgIpc) is 2.44. The van der Waals surface area contributed by atoms with Crippen LogP contribution < -0.4 is 5.32 Å². The molecule has 0 bridgehead atoms. The van der Waals surface area contributed by atoms with Gasteiger partial charge in [0.15, 0.2) is 11.6 Å². The Morgan fingerprint density at radius 3 is 2.42 bits per heavy atom. The zero-order valence-electron chi connectivity index (χ0n) is 10.5. The van der Waals surface area contributed by atoms with Gasteiger partial charge in [-0.15, -0.1) is 0 Å². The fraction of sp³-hybridized carbons (Fsp3) is 0.200. The summed E-state index contributed by atoms with van der Waals surface area (Å²) in [6.07, 6.45) is 0.709. The summed E-state index contributed by atoms with van der Waals surface area (Å²) < 4.78 is 26.9. The van der Waals surface area contributed by atoms with Crippen molar-refractivity contribution < 1.29 is 8.78 Å². The maximum absolute atomic E-state index is 13.6. The third-order valence-electron chi connectivity index (χ3n) is 3.07. The Morgan fingerprint density at radius 1 is 1.11 bits per heavy atom. The third kappa shape index (κ3) is 3.19. The number of rotatable bonds is 4. The van der Waals surface area contributed by atoms with Gasteiger partial charge in [-0.05, 0) is 46.6 Å². The standard InChI is InChI=1S/C15H14BrF2N/c1-19-13(9-10-5-3-2-4-6-10)11-7-8-12(17)15(18)14(11)16/h2-8,13,19H,9H2,1H3. The summed E-state index contributed by atoms with van der Waals surface area (Å²) in [5.74, 6) is -1.68. The normalized spacial score (nSPS) is 12.4. The van der Waals surface area contributed by atoms with Crippen molar-refractivity contribution in [2.45, 2.75) is 12.5 Å². The smallest absolute Gasteiger partial charge is 0.173 e. The minimum absolute atomic E-state index is 0.0770. The first kappa shape index (κ1) is 14.2. The lowest BCUT2D eigenvalue weighted by atomic mass is 9.99. The molecular weight excluding hydrogens is 312 g/mol. The summed E-state index contributed by atoms with van der Waals surface area (Å²) in [5, 5.41) is 3.14. The van der Waals surface area contributed by atoms with E-state index in [-0.39, 0.29) is 10.5 Å². The molecule has 0 aliphatic rings. The molecule has 2 aromatic carbocycles. The van der Waals surface area contributed by atoms with E-state index in [4.69, 9.17) is 0 Å². The summed E-state index contributed by atoms with van der Waals surface area (Å²) in [4.78, 5) is 0. The summed E-state index contributed by atoms with van der Waals surface area (Å²) in [5.41, 5.74) is 1.85. The quantitative estimate of drug-likeness (QED) is 0.829. The second kappa shape index (κ2) is 6.26. The van der Waals surface area contributed by atoms with Gasteiger partial charge < -0.3 is 5.32 Å². The van der Waals surface area contributed by atoms with Crippen molar-refractivity contribution in [3.63, 3.8) is 0 Å². The number of likely N-dealkylation sites (N-methyl/N-ethyl adjacent to an activating group) is 1. The van der Waals surface area contributed by atoms with Crippen molar-refractivity contribution in [3.8, 4) is 0 Å². The molecule has 0 aliphatic carbocycles. The molecule has 1 N–H and O–H groups in total. The van der Waals surface area contributed by atoms with Gasteiger partial charge in [0.05, 0.1) is 4.47 Å². The van der Waals surface area contributed by atoms with Crippen LogP contribution in [0.2, 0.25) is 0 Å². The van der Waals surface area contributed by atoms with Crippen LogP contribution in [0.3, 0.4) is 0 Å². The van der Waals surface area contributed by atoms with Crippen LogP contribution in [0.1, 0.15) is 17.2 Å². The van der Waals surface area contributed by atoms with Gasteiger partial charge in [-0.3, -0.25) is 0 Å². The molecule has 4 heteroatoms. The van der Waals surface area contributed by atoms with Crippen LogP contribution >= 0.6 is 15.9 Å². The van der Waals surface area contributed by atoms with E-state index in [1.54, 1.807) is 13.1 Å². The van der Waals surface area contributed by atoms with E-state index in [1.165, 1.54) is 0 Å². The Labute approximate surface area is 119 Å². The molecule has 100 valence electrons. The number of nitrogens with one attached hydrogen (secondary N) is 1. The minimum Gasteiger partial charge on any atom is -0.313 e. The SMILES string of the molecule is CNC(Cc1ccccc1)c1ccc(F)c(F)c1Br. The summed E-state index contributed by atoms with van der Waals surface area (Å²) in [6.45, 7) is 0. The molecular formula is C15H14BrF2N. The summed E-state index contributed by atoms with van der Waals surface area (Å²) >= 11 is 3.13. The molecule has 0 aliphatic heterocycles. The second-order valence-corrected chi connectivity index (χ2v) is 5.09. The highest BCUT2D eigenvalue weighted by molar-refractivity contribution is 9.10. The molecule has 1 atom stereocenters. The van der Waals surface area contributed by atoms with E-state index < -0.39 is 11.6 Å². The molecule has 0 radical (unpaired) electrons. The fourth-order valence-corrected chi connectivity index (χ4v) is 2.63. The van der Waals surface area contributed by atoms with Crippen molar-refractivity contribution in [2.24, 2.45) is 0 Å². The predicted molar refractivity (Wildman–Crippen MR) is 76.0 cm³/mol. The average molecular weight is 326 g/mol. The zero-order valence-corrected chi connectivity index (χ0v) is 12.0. The molecule has 0 amide bonds. The van der Waals surface area contributed by atoms with Crippen LogP contribution in [0.4, 0.5) is 8.78 Å². The van der Waals surface area contributed by atoms with E-state index in [9.17, 15) is 8.78 Å². The van der Waals surface area contributed by atoms with Crippen molar-refractivity contribution in [3.05, 3.63) is 69.7 Å². The van der Waals surface area contributed by atoms with Crippen LogP contribution in [-0.4, -0.2) is 7.05 Å². The maximum Gasteiger partial charge on any atom is 0.173 e. The summed E-state index contributed by atoms with van der Waals surface area (Å²) in [7, 11) is 1.81. The fourth-order valence-electron chi connectivity index (χ4n) is 2.03. The second-order valence-electron chi connectivity index (χ2n) is 4.30. The Balaban J connectivity index is 2.30. The van der Waals surface area contributed by atoms with Crippen molar-refractivity contribution >= 4 is 15.9 Å². The van der Waals surface area contributed by atoms with E-state index >= 15 is 0 Å². The van der Waals surface area contributed by atoms with E-state index in [2.05, 4.69) is 21.2 Å². The van der Waals surface area contributed by atoms with E-state index in [0.29, 0.717) is 12.0 Å². The molecule has 0 spiro atoms. The van der Waals surface area contributed by atoms with Crippen LogP contribution in [0.5, 0.6) is 0 Å². The van der Waals surface area contributed by atoms with E-state index in [1.807, 2.05) is 30.3 Å². The van der Waals surface area contributed by atoms with Gasteiger partial charge in [0.2, 0.25) is 0 Å². The van der Waals surface area contributed by atoms with Crippen molar-refractivity contribution in [1.82, 2.24) is 5.32 Å². The van der Waals surface area contributed by atoms with Gasteiger partial charge in [-0.2, -0.15) is 0 Å². The van der Waals surface area contributed by atoms with Crippen LogP contribution in [0.15, 0.2) is 46.9 Å². The number of halogens is 3. The Kier molecular flexibility index (Phi) is 4.66. The molecule has 1 nitrogen and oxygen atoms in total. The van der Waals surface area contributed by atoms with Gasteiger partial charge in [0.25, 0.3) is 0 Å². The first-order valence-corrected chi connectivity index (χ1v) is 6.77. The molecule has 0 saturated carbocycles. The first-order chi connectivity index (χ1) is 9.13. The van der Waals surface area contributed by atoms with Gasteiger partial charge in [0, 0.05) is 6.04 Å². The first-order valence-electron chi connectivity index (χ1n) is 5.98. The Bertz CT molecular complexity index is 558. The minimum atomic E-state index is -0.842. The zero-order chi connectivity index (χ0) is 13.8. The van der Waals surface area contributed by atoms with Crippen molar-refractivity contribution in [1.29, 1.82) is 0 Å². The number of benzene rings is 2. The Hall–Kier alpha value is -1.26. The van der Waals surface area contributed by atoms with Gasteiger partial charge in [-0.25, -0.2) is 8.78 Å². The van der Waals surface area contributed by atoms with Gasteiger partial charge in [0.1, 0.15) is 0 Å². The molecule has 0 fully saturated rings. The molecule has 0 heterocycles. The molecule has 0 saturated heterocycles. The molecule has 2 aromatic rings. The molecule has 19 heavy (non-hydrogen) atoms. The third-order valence-corrected chi connectivity index (χ3v) is 3.88. The van der Waals surface area contributed by atoms with Crippen LogP contribution in [0, 0.1) is 11.6 Å². The maximum atomic E-state index is 13.6. The monoisotopic (exact) mass is 325 g/mol. The van der Waals surface area contributed by atoms with Crippen molar-refractivity contribution in [2.75, 3.05) is 7.05 Å². The molecule has 0 aromatic heterocycles. The highest BCUT2D eigenvalue weighted by Crippen LogP contribution is 2.29. The number of hydrogen-bond donors (Lipinski definition) is 1. The van der Waals surface area contributed by atoms with E-state index in [0.717, 1.165) is 11.6 Å². The lowest BCUT2D eigenvalue weighted by Crippen LogP contribution is -2.19. The largest absolute Gasteiger partial charge is 0.313 e. The van der Waals surface area contributed by atoms with Crippen LogP contribution in [-0.2, 0) is 6.42 Å². The summed E-state index contributed by atoms with van der Waals surface area (Å²) in [6, 6.07) is 12.6. The van der Waals surface area contributed by atoms with Crippen LogP contribution in [0.25, 0.3) is 0 Å².